The molecular formula is C17H17NO4. The average Bonchev–Trinajstić information content (AvgIpc) is 2.50. The number of carbonyl (C=O) groups is 2. The molecule has 0 fully saturated rings. The summed E-state index contributed by atoms with van der Waals surface area (Å²) in [6.07, 6.45) is -0.210. The Morgan fingerprint density at radius 2 is 1.77 bits per heavy atom. The molecule has 0 atom stereocenters. The number of rotatable bonds is 7. The number of carboxylic acid groups (broad SMARTS) is 1. The highest BCUT2D eigenvalue weighted by molar-refractivity contribution is 6.02. The second kappa shape index (κ2) is 7.38. The molecule has 5 heteroatoms. The van der Waals surface area contributed by atoms with Gasteiger partial charge in [0.15, 0.2) is 5.78 Å². The van der Waals surface area contributed by atoms with E-state index in [9.17, 15) is 9.59 Å². The molecule has 0 amide bonds. The SMILES string of the molecule is Nc1c(CC(=O)O)cccc1C(=O)COCc1ccccc1. The maximum atomic E-state index is 12.1. The zero-order chi connectivity index (χ0) is 15.9. The summed E-state index contributed by atoms with van der Waals surface area (Å²) < 4.78 is 5.39. The molecule has 0 saturated heterocycles. The number of para-hydroxylation sites is 1. The Hall–Kier alpha value is -2.66. The third kappa shape index (κ3) is 4.17. The van der Waals surface area contributed by atoms with Gasteiger partial charge in [-0.25, -0.2) is 0 Å². The van der Waals surface area contributed by atoms with Crippen LogP contribution in [0.2, 0.25) is 0 Å². The van der Waals surface area contributed by atoms with E-state index in [2.05, 4.69) is 0 Å². The van der Waals surface area contributed by atoms with Crippen molar-refractivity contribution in [2.75, 3.05) is 12.3 Å². The van der Waals surface area contributed by atoms with Crippen molar-refractivity contribution < 1.29 is 19.4 Å². The average molecular weight is 299 g/mol. The lowest BCUT2D eigenvalue weighted by molar-refractivity contribution is -0.136. The molecule has 2 rings (SSSR count). The van der Waals surface area contributed by atoms with E-state index in [4.69, 9.17) is 15.6 Å². The monoisotopic (exact) mass is 299 g/mol. The van der Waals surface area contributed by atoms with E-state index < -0.39 is 5.97 Å². The third-order valence-corrected chi connectivity index (χ3v) is 3.18. The number of ketones is 1. The van der Waals surface area contributed by atoms with Gasteiger partial charge < -0.3 is 15.6 Å². The fourth-order valence-corrected chi connectivity index (χ4v) is 2.09. The molecule has 0 aromatic heterocycles. The fraction of sp³-hybridized carbons (Fsp3) is 0.176. The summed E-state index contributed by atoms with van der Waals surface area (Å²) in [5.41, 5.74) is 7.79. The summed E-state index contributed by atoms with van der Waals surface area (Å²) in [5, 5.41) is 8.82. The molecule has 0 saturated carbocycles. The molecule has 114 valence electrons. The highest BCUT2D eigenvalue weighted by atomic mass is 16.5. The molecule has 3 N–H and O–H groups in total. The Labute approximate surface area is 128 Å². The summed E-state index contributed by atoms with van der Waals surface area (Å²) in [4.78, 5) is 22.9. The van der Waals surface area contributed by atoms with Crippen LogP contribution in [-0.4, -0.2) is 23.5 Å². The molecule has 0 heterocycles. The van der Waals surface area contributed by atoms with Crippen LogP contribution in [-0.2, 0) is 22.6 Å². The van der Waals surface area contributed by atoms with Gasteiger partial charge in [0.05, 0.1) is 13.0 Å². The predicted molar refractivity (Wildman–Crippen MR) is 82.6 cm³/mol. The van der Waals surface area contributed by atoms with Crippen LogP contribution in [0.15, 0.2) is 48.5 Å². The number of Topliss-reactive ketones (excluding diaryl/α,β-unsaturated/α-hetero) is 1. The van der Waals surface area contributed by atoms with Gasteiger partial charge in [-0.15, -0.1) is 0 Å². The Balaban J connectivity index is 1.99. The largest absolute Gasteiger partial charge is 0.481 e. The Kier molecular flexibility index (Phi) is 5.27. The van der Waals surface area contributed by atoms with Gasteiger partial charge in [-0.1, -0.05) is 42.5 Å². The molecule has 2 aromatic carbocycles. The topological polar surface area (TPSA) is 89.6 Å². The standard InChI is InChI=1S/C17H17NO4/c18-17-13(9-16(20)21)7-4-8-14(17)15(19)11-22-10-12-5-2-1-3-6-12/h1-8H,9-11,18H2,(H,20,21). The number of carboxylic acids is 1. The fourth-order valence-electron chi connectivity index (χ4n) is 2.09. The molecule has 0 spiro atoms. The molecule has 0 bridgehead atoms. The third-order valence-electron chi connectivity index (χ3n) is 3.18. The van der Waals surface area contributed by atoms with Gasteiger partial charge in [0.1, 0.15) is 6.61 Å². The summed E-state index contributed by atoms with van der Waals surface area (Å²) in [7, 11) is 0. The first kappa shape index (κ1) is 15.7. The van der Waals surface area contributed by atoms with E-state index in [1.165, 1.54) is 0 Å². The summed E-state index contributed by atoms with van der Waals surface area (Å²) in [6.45, 7) is 0.233. The van der Waals surface area contributed by atoms with Crippen molar-refractivity contribution >= 4 is 17.4 Å². The summed E-state index contributed by atoms with van der Waals surface area (Å²) in [6, 6.07) is 14.3. The highest BCUT2D eigenvalue weighted by Crippen LogP contribution is 2.19. The van der Waals surface area contributed by atoms with Gasteiger partial charge in [0.2, 0.25) is 0 Å². The maximum absolute atomic E-state index is 12.1. The van der Waals surface area contributed by atoms with Gasteiger partial charge in [-0.3, -0.25) is 9.59 Å². The highest BCUT2D eigenvalue weighted by Gasteiger charge is 2.14. The Bertz CT molecular complexity index is 668. The quantitative estimate of drug-likeness (QED) is 0.605. The van der Waals surface area contributed by atoms with Crippen molar-refractivity contribution in [3.05, 3.63) is 65.2 Å². The molecular weight excluding hydrogens is 282 g/mol. The zero-order valence-electron chi connectivity index (χ0n) is 12.0. The van der Waals surface area contributed by atoms with Gasteiger partial charge in [-0.05, 0) is 17.2 Å². The van der Waals surface area contributed by atoms with E-state index in [0.29, 0.717) is 17.7 Å². The summed E-state index contributed by atoms with van der Waals surface area (Å²) in [5.74, 6) is -1.25. The van der Waals surface area contributed by atoms with Crippen LogP contribution in [0.1, 0.15) is 21.5 Å². The van der Waals surface area contributed by atoms with Gasteiger partial charge in [0, 0.05) is 11.3 Å². The summed E-state index contributed by atoms with van der Waals surface area (Å²) >= 11 is 0. The van der Waals surface area contributed by atoms with Crippen molar-refractivity contribution in [3.8, 4) is 0 Å². The van der Waals surface area contributed by atoms with Crippen LogP contribution >= 0.6 is 0 Å². The van der Waals surface area contributed by atoms with E-state index >= 15 is 0 Å². The van der Waals surface area contributed by atoms with E-state index in [0.717, 1.165) is 5.56 Å². The molecule has 5 nitrogen and oxygen atoms in total. The lowest BCUT2D eigenvalue weighted by atomic mass is 10.0. The van der Waals surface area contributed by atoms with Crippen LogP contribution < -0.4 is 5.73 Å². The molecule has 0 unspecified atom stereocenters. The number of nitrogens with two attached hydrogens (primary N) is 1. The van der Waals surface area contributed by atoms with Crippen LogP contribution in [0.5, 0.6) is 0 Å². The van der Waals surface area contributed by atoms with Gasteiger partial charge in [-0.2, -0.15) is 0 Å². The first-order chi connectivity index (χ1) is 10.6. The van der Waals surface area contributed by atoms with Crippen molar-refractivity contribution in [2.24, 2.45) is 0 Å². The Morgan fingerprint density at radius 3 is 2.45 bits per heavy atom. The minimum absolute atomic E-state index is 0.102. The van der Waals surface area contributed by atoms with E-state index in [1.807, 2.05) is 30.3 Å². The molecule has 22 heavy (non-hydrogen) atoms. The van der Waals surface area contributed by atoms with Crippen LogP contribution in [0.4, 0.5) is 5.69 Å². The van der Waals surface area contributed by atoms with Crippen LogP contribution in [0.25, 0.3) is 0 Å². The van der Waals surface area contributed by atoms with E-state index in [-0.39, 0.29) is 24.5 Å². The second-order valence-corrected chi connectivity index (χ2v) is 4.85. The van der Waals surface area contributed by atoms with E-state index in [1.54, 1.807) is 18.2 Å². The van der Waals surface area contributed by atoms with Crippen molar-refractivity contribution in [2.45, 2.75) is 13.0 Å². The Morgan fingerprint density at radius 1 is 1.05 bits per heavy atom. The lowest BCUT2D eigenvalue weighted by Gasteiger charge is -2.09. The van der Waals surface area contributed by atoms with Gasteiger partial charge in [0.25, 0.3) is 0 Å². The zero-order valence-corrected chi connectivity index (χ0v) is 12.0. The lowest BCUT2D eigenvalue weighted by Crippen LogP contribution is -2.13. The smallest absolute Gasteiger partial charge is 0.307 e. The molecule has 2 aromatic rings. The molecule has 0 aliphatic rings. The van der Waals surface area contributed by atoms with Crippen molar-refractivity contribution in [1.82, 2.24) is 0 Å². The minimum atomic E-state index is -0.989. The number of benzene rings is 2. The number of anilines is 1. The van der Waals surface area contributed by atoms with Gasteiger partial charge >= 0.3 is 5.97 Å². The first-order valence-electron chi connectivity index (χ1n) is 6.82. The number of hydrogen-bond acceptors (Lipinski definition) is 4. The molecule has 0 radical (unpaired) electrons. The number of carbonyl (C=O) groups excluding carboxylic acids is 1. The van der Waals surface area contributed by atoms with Crippen molar-refractivity contribution in [1.29, 1.82) is 0 Å². The first-order valence-corrected chi connectivity index (χ1v) is 6.82. The minimum Gasteiger partial charge on any atom is -0.481 e. The second-order valence-electron chi connectivity index (χ2n) is 4.85. The number of nitrogen functional groups attached to an aromatic ring is 1. The molecule has 0 aliphatic heterocycles. The molecule has 0 aliphatic carbocycles. The number of hydrogen-bond donors (Lipinski definition) is 2. The number of ether oxygens (including phenoxy) is 1. The number of aliphatic carboxylic acids is 1. The van der Waals surface area contributed by atoms with Crippen LogP contribution in [0.3, 0.4) is 0 Å². The normalized spacial score (nSPS) is 10.4. The maximum Gasteiger partial charge on any atom is 0.307 e. The van der Waals surface area contributed by atoms with Crippen LogP contribution in [0, 0.1) is 0 Å². The predicted octanol–water partition coefficient (Wildman–Crippen LogP) is 2.30. The van der Waals surface area contributed by atoms with Crippen molar-refractivity contribution in [3.63, 3.8) is 0 Å².